The number of methoxy groups -OCH3 is 1. The van der Waals surface area contributed by atoms with Crippen molar-refractivity contribution in [1.29, 1.82) is 0 Å². The number of hydrogen-bond acceptors (Lipinski definition) is 4. The van der Waals surface area contributed by atoms with E-state index >= 15 is 0 Å². The van der Waals surface area contributed by atoms with E-state index in [1.54, 1.807) is 11.3 Å². The highest BCUT2D eigenvalue weighted by Crippen LogP contribution is 2.41. The van der Waals surface area contributed by atoms with E-state index in [1.165, 1.54) is 37.7 Å². The monoisotopic (exact) mass is 357 g/mol. The van der Waals surface area contributed by atoms with Crippen LogP contribution >= 0.6 is 27.3 Å². The average Bonchev–Trinajstić information content (AvgIpc) is 3.03. The van der Waals surface area contributed by atoms with Gasteiger partial charge in [0.05, 0.1) is 10.9 Å². The average molecular weight is 358 g/mol. The van der Waals surface area contributed by atoms with Crippen LogP contribution in [0.5, 0.6) is 0 Å². The van der Waals surface area contributed by atoms with Crippen molar-refractivity contribution in [2.75, 3.05) is 7.11 Å². The Bertz CT molecular complexity index is 490. The molecule has 0 amide bonds. The normalized spacial score (nSPS) is 30.2. The van der Waals surface area contributed by atoms with E-state index < -0.39 is 0 Å². The molecular formula is C15H20BrNO2S. The summed E-state index contributed by atoms with van der Waals surface area (Å²) >= 11 is 5.27. The van der Waals surface area contributed by atoms with Gasteiger partial charge in [-0.1, -0.05) is 12.8 Å². The van der Waals surface area contributed by atoms with Crippen LogP contribution in [0.25, 0.3) is 0 Å². The Labute approximate surface area is 132 Å². The molecule has 1 saturated heterocycles. The molecule has 2 heterocycles. The molecule has 3 atom stereocenters. The van der Waals surface area contributed by atoms with E-state index in [-0.39, 0.29) is 12.0 Å². The molecule has 0 bridgehead atoms. The highest BCUT2D eigenvalue weighted by Gasteiger charge is 2.45. The molecular weight excluding hydrogens is 338 g/mol. The first-order valence-corrected chi connectivity index (χ1v) is 8.88. The number of esters is 1. The molecule has 2 aliphatic rings. The van der Waals surface area contributed by atoms with Crippen molar-refractivity contribution >= 4 is 33.2 Å². The molecule has 2 fully saturated rings. The van der Waals surface area contributed by atoms with Crippen LogP contribution in [-0.4, -0.2) is 30.1 Å². The first kappa shape index (κ1) is 14.5. The molecule has 1 aliphatic carbocycles. The van der Waals surface area contributed by atoms with Gasteiger partial charge in [-0.2, -0.15) is 0 Å². The fourth-order valence-corrected chi connectivity index (χ4v) is 5.26. The minimum absolute atomic E-state index is 0.0472. The standard InChI is InChI=1S/C15H20BrNO2S/c1-19-15(18)13-8-10-4-2-3-5-12(10)17(13)9-11-6-7-14(16)20-11/h6-7,10,12-13H,2-5,8-9H2,1H3. The predicted molar refractivity (Wildman–Crippen MR) is 83.7 cm³/mol. The van der Waals surface area contributed by atoms with Crippen LogP contribution in [0.2, 0.25) is 0 Å². The van der Waals surface area contributed by atoms with Gasteiger partial charge in [-0.05, 0) is 53.2 Å². The van der Waals surface area contributed by atoms with Gasteiger partial charge in [0, 0.05) is 17.5 Å². The lowest BCUT2D eigenvalue weighted by Gasteiger charge is -2.32. The lowest BCUT2D eigenvalue weighted by Crippen LogP contribution is -2.41. The quantitative estimate of drug-likeness (QED) is 0.770. The molecule has 1 saturated carbocycles. The molecule has 0 spiro atoms. The van der Waals surface area contributed by atoms with Crippen molar-refractivity contribution in [3.8, 4) is 0 Å². The van der Waals surface area contributed by atoms with Gasteiger partial charge >= 0.3 is 5.97 Å². The largest absolute Gasteiger partial charge is 0.468 e. The number of carbonyl (C=O) groups is 1. The van der Waals surface area contributed by atoms with E-state index in [9.17, 15) is 4.79 Å². The van der Waals surface area contributed by atoms with Crippen molar-refractivity contribution in [3.63, 3.8) is 0 Å². The first-order chi connectivity index (χ1) is 9.69. The second-order valence-corrected chi connectivity index (χ2v) is 8.31. The number of hydrogen-bond donors (Lipinski definition) is 0. The molecule has 110 valence electrons. The van der Waals surface area contributed by atoms with Crippen molar-refractivity contribution in [2.24, 2.45) is 5.92 Å². The van der Waals surface area contributed by atoms with Crippen LogP contribution in [0, 0.1) is 5.92 Å². The Hall–Kier alpha value is -0.390. The summed E-state index contributed by atoms with van der Waals surface area (Å²) in [6.07, 6.45) is 6.07. The van der Waals surface area contributed by atoms with Crippen molar-refractivity contribution in [1.82, 2.24) is 4.90 Å². The highest BCUT2D eigenvalue weighted by atomic mass is 79.9. The maximum absolute atomic E-state index is 12.1. The van der Waals surface area contributed by atoms with E-state index in [0.29, 0.717) is 12.0 Å². The van der Waals surface area contributed by atoms with Crippen LogP contribution in [0.15, 0.2) is 15.9 Å². The summed E-state index contributed by atoms with van der Waals surface area (Å²) in [5.41, 5.74) is 0. The van der Waals surface area contributed by atoms with Gasteiger partial charge < -0.3 is 4.74 Å². The predicted octanol–water partition coefficient (Wildman–Crippen LogP) is 3.82. The van der Waals surface area contributed by atoms with Crippen molar-refractivity contribution in [2.45, 2.75) is 50.7 Å². The van der Waals surface area contributed by atoms with Crippen LogP contribution in [0.3, 0.4) is 0 Å². The van der Waals surface area contributed by atoms with Crippen LogP contribution in [0.4, 0.5) is 0 Å². The molecule has 3 rings (SSSR count). The van der Waals surface area contributed by atoms with Gasteiger partial charge in [0.2, 0.25) is 0 Å². The number of halogens is 1. The van der Waals surface area contributed by atoms with E-state index in [4.69, 9.17) is 4.74 Å². The SMILES string of the molecule is COC(=O)C1CC2CCCCC2N1Cc1ccc(Br)s1. The first-order valence-electron chi connectivity index (χ1n) is 7.27. The third-order valence-corrected chi connectivity index (χ3v) is 6.27. The zero-order valence-electron chi connectivity index (χ0n) is 11.7. The van der Waals surface area contributed by atoms with Gasteiger partial charge in [-0.25, -0.2) is 0 Å². The van der Waals surface area contributed by atoms with Gasteiger partial charge in [0.1, 0.15) is 6.04 Å². The summed E-state index contributed by atoms with van der Waals surface area (Å²) in [6, 6.07) is 4.75. The van der Waals surface area contributed by atoms with Gasteiger partial charge in [0.15, 0.2) is 0 Å². The third-order valence-electron chi connectivity index (χ3n) is 4.66. The van der Waals surface area contributed by atoms with Crippen LogP contribution in [-0.2, 0) is 16.1 Å². The Morgan fingerprint density at radius 3 is 2.95 bits per heavy atom. The molecule has 20 heavy (non-hydrogen) atoms. The summed E-state index contributed by atoms with van der Waals surface area (Å²) in [5, 5.41) is 0. The van der Waals surface area contributed by atoms with Crippen LogP contribution < -0.4 is 0 Å². The lowest BCUT2D eigenvalue weighted by atomic mass is 9.85. The van der Waals surface area contributed by atoms with Gasteiger partial charge in [0.25, 0.3) is 0 Å². The molecule has 1 aromatic rings. The Morgan fingerprint density at radius 2 is 2.25 bits per heavy atom. The number of ether oxygens (including phenoxy) is 1. The summed E-state index contributed by atoms with van der Waals surface area (Å²) in [7, 11) is 1.50. The number of nitrogens with zero attached hydrogens (tertiary/aromatic N) is 1. The maximum Gasteiger partial charge on any atom is 0.323 e. The molecule has 3 nitrogen and oxygen atoms in total. The lowest BCUT2D eigenvalue weighted by molar-refractivity contribution is -0.146. The zero-order chi connectivity index (χ0) is 14.1. The summed E-state index contributed by atoms with van der Waals surface area (Å²) < 4.78 is 6.18. The number of thiophene rings is 1. The number of likely N-dealkylation sites (tertiary alicyclic amines) is 1. The summed E-state index contributed by atoms with van der Waals surface area (Å²) in [6.45, 7) is 0.872. The second kappa shape index (κ2) is 6.16. The Kier molecular flexibility index (Phi) is 4.48. The smallest absolute Gasteiger partial charge is 0.323 e. The number of carbonyl (C=O) groups excluding carboxylic acids is 1. The molecule has 0 aromatic carbocycles. The fraction of sp³-hybridized carbons (Fsp3) is 0.667. The van der Waals surface area contributed by atoms with Gasteiger partial charge in [-0.15, -0.1) is 11.3 Å². The summed E-state index contributed by atoms with van der Waals surface area (Å²) in [5.74, 6) is 0.617. The minimum atomic E-state index is -0.0602. The molecule has 0 N–H and O–H groups in total. The Balaban J connectivity index is 1.80. The summed E-state index contributed by atoms with van der Waals surface area (Å²) in [4.78, 5) is 15.8. The number of fused-ring (bicyclic) bond motifs is 1. The molecule has 5 heteroatoms. The van der Waals surface area contributed by atoms with E-state index in [0.717, 1.165) is 16.8 Å². The van der Waals surface area contributed by atoms with E-state index in [2.05, 4.69) is 33.0 Å². The van der Waals surface area contributed by atoms with Crippen molar-refractivity contribution < 1.29 is 9.53 Å². The second-order valence-electron chi connectivity index (χ2n) is 5.76. The minimum Gasteiger partial charge on any atom is -0.468 e. The fourth-order valence-electron chi connectivity index (χ4n) is 3.76. The van der Waals surface area contributed by atoms with Gasteiger partial charge in [-0.3, -0.25) is 9.69 Å². The van der Waals surface area contributed by atoms with E-state index in [1.807, 2.05) is 0 Å². The van der Waals surface area contributed by atoms with Crippen LogP contribution in [0.1, 0.15) is 37.0 Å². The third kappa shape index (κ3) is 2.81. The molecule has 0 radical (unpaired) electrons. The Morgan fingerprint density at radius 1 is 1.45 bits per heavy atom. The highest BCUT2D eigenvalue weighted by molar-refractivity contribution is 9.11. The maximum atomic E-state index is 12.1. The van der Waals surface area contributed by atoms with Crippen molar-refractivity contribution in [3.05, 3.63) is 20.8 Å². The molecule has 1 aliphatic heterocycles. The number of rotatable bonds is 3. The zero-order valence-corrected chi connectivity index (χ0v) is 14.1. The molecule has 1 aromatic heterocycles. The topological polar surface area (TPSA) is 29.5 Å². The molecule has 3 unspecified atom stereocenters.